The SMILES string of the molecule is Cc1ccc(Cl)c(Nc2ccc(Cl)nn2)c1. The van der Waals surface area contributed by atoms with Gasteiger partial charge in [0.05, 0.1) is 10.7 Å². The van der Waals surface area contributed by atoms with E-state index in [2.05, 4.69) is 15.5 Å². The monoisotopic (exact) mass is 253 g/mol. The van der Waals surface area contributed by atoms with E-state index in [4.69, 9.17) is 23.2 Å². The van der Waals surface area contributed by atoms with Crippen LogP contribution in [0.1, 0.15) is 5.56 Å². The van der Waals surface area contributed by atoms with E-state index in [1.807, 2.05) is 25.1 Å². The minimum atomic E-state index is 0.362. The van der Waals surface area contributed by atoms with Crippen molar-refractivity contribution in [2.75, 3.05) is 5.32 Å². The molecule has 1 aromatic carbocycles. The highest BCUT2D eigenvalue weighted by molar-refractivity contribution is 6.33. The fraction of sp³-hybridized carbons (Fsp3) is 0.0909. The Morgan fingerprint density at radius 2 is 1.88 bits per heavy atom. The van der Waals surface area contributed by atoms with E-state index >= 15 is 0 Å². The Balaban J connectivity index is 2.26. The number of aromatic nitrogens is 2. The number of hydrogen-bond acceptors (Lipinski definition) is 3. The quantitative estimate of drug-likeness (QED) is 0.884. The van der Waals surface area contributed by atoms with Crippen molar-refractivity contribution in [1.29, 1.82) is 0 Å². The molecule has 0 radical (unpaired) electrons. The molecule has 0 amide bonds. The second kappa shape index (κ2) is 4.68. The minimum absolute atomic E-state index is 0.362. The van der Waals surface area contributed by atoms with Gasteiger partial charge >= 0.3 is 0 Å². The number of aryl methyl sites for hydroxylation is 1. The molecular formula is C11H9Cl2N3. The topological polar surface area (TPSA) is 37.8 Å². The lowest BCUT2D eigenvalue weighted by Gasteiger charge is -2.07. The normalized spacial score (nSPS) is 10.2. The molecule has 2 rings (SSSR count). The first-order valence-electron chi connectivity index (χ1n) is 4.67. The van der Waals surface area contributed by atoms with Gasteiger partial charge in [0.2, 0.25) is 0 Å². The van der Waals surface area contributed by atoms with Crippen molar-refractivity contribution in [1.82, 2.24) is 10.2 Å². The fourth-order valence-corrected chi connectivity index (χ4v) is 1.52. The molecule has 0 aliphatic heterocycles. The summed E-state index contributed by atoms with van der Waals surface area (Å²) in [4.78, 5) is 0. The molecule has 16 heavy (non-hydrogen) atoms. The number of rotatable bonds is 2. The average molecular weight is 254 g/mol. The molecule has 0 saturated heterocycles. The molecule has 1 aromatic heterocycles. The van der Waals surface area contributed by atoms with E-state index in [0.29, 0.717) is 16.0 Å². The van der Waals surface area contributed by atoms with Crippen LogP contribution in [-0.4, -0.2) is 10.2 Å². The van der Waals surface area contributed by atoms with Gasteiger partial charge in [0.1, 0.15) is 0 Å². The molecule has 5 heteroatoms. The van der Waals surface area contributed by atoms with Gasteiger partial charge in [-0.05, 0) is 36.8 Å². The average Bonchev–Trinajstić information content (AvgIpc) is 2.27. The molecule has 0 aliphatic carbocycles. The van der Waals surface area contributed by atoms with Crippen molar-refractivity contribution in [3.8, 4) is 0 Å². The van der Waals surface area contributed by atoms with Crippen LogP contribution in [0.4, 0.5) is 11.5 Å². The predicted molar refractivity (Wildman–Crippen MR) is 66.5 cm³/mol. The standard InChI is InChI=1S/C11H9Cl2N3/c1-7-2-3-8(12)9(6-7)14-11-5-4-10(13)15-16-11/h2-6H,1H3,(H,14,16). The predicted octanol–water partition coefficient (Wildman–Crippen LogP) is 3.84. The van der Waals surface area contributed by atoms with Gasteiger partial charge in [-0.3, -0.25) is 0 Å². The lowest BCUT2D eigenvalue weighted by atomic mass is 10.2. The van der Waals surface area contributed by atoms with Gasteiger partial charge in [0, 0.05) is 0 Å². The highest BCUT2D eigenvalue weighted by atomic mass is 35.5. The first-order chi connectivity index (χ1) is 7.65. The summed E-state index contributed by atoms with van der Waals surface area (Å²) < 4.78 is 0. The molecule has 0 saturated carbocycles. The summed E-state index contributed by atoms with van der Waals surface area (Å²) in [5.41, 5.74) is 1.92. The smallest absolute Gasteiger partial charge is 0.153 e. The molecular weight excluding hydrogens is 245 g/mol. The fourth-order valence-electron chi connectivity index (χ4n) is 1.26. The Morgan fingerprint density at radius 3 is 2.56 bits per heavy atom. The summed E-state index contributed by atoms with van der Waals surface area (Å²) in [6.45, 7) is 2.00. The zero-order chi connectivity index (χ0) is 11.5. The lowest BCUT2D eigenvalue weighted by molar-refractivity contribution is 1.04. The molecule has 0 fully saturated rings. The summed E-state index contributed by atoms with van der Waals surface area (Å²) in [6.07, 6.45) is 0. The van der Waals surface area contributed by atoms with Crippen molar-refractivity contribution in [3.05, 3.63) is 46.1 Å². The van der Waals surface area contributed by atoms with Crippen LogP contribution < -0.4 is 5.32 Å². The Hall–Kier alpha value is -1.32. The lowest BCUT2D eigenvalue weighted by Crippen LogP contribution is -1.96. The van der Waals surface area contributed by atoms with Gasteiger partial charge in [-0.15, -0.1) is 10.2 Å². The number of hydrogen-bond donors (Lipinski definition) is 1. The molecule has 0 unspecified atom stereocenters. The molecule has 3 nitrogen and oxygen atoms in total. The van der Waals surface area contributed by atoms with E-state index in [1.54, 1.807) is 12.1 Å². The second-order valence-corrected chi connectivity index (χ2v) is 4.14. The number of nitrogens with zero attached hydrogens (tertiary/aromatic N) is 2. The first-order valence-corrected chi connectivity index (χ1v) is 5.43. The van der Waals surface area contributed by atoms with Crippen molar-refractivity contribution in [2.45, 2.75) is 6.92 Å². The Kier molecular flexibility index (Phi) is 3.27. The summed E-state index contributed by atoms with van der Waals surface area (Å²) in [5.74, 6) is 0.608. The summed E-state index contributed by atoms with van der Waals surface area (Å²) in [7, 11) is 0. The van der Waals surface area contributed by atoms with E-state index in [1.165, 1.54) is 0 Å². The van der Waals surface area contributed by atoms with Crippen LogP contribution in [-0.2, 0) is 0 Å². The summed E-state index contributed by atoms with van der Waals surface area (Å²) >= 11 is 11.7. The van der Waals surface area contributed by atoms with Crippen LogP contribution in [0.5, 0.6) is 0 Å². The molecule has 1 N–H and O–H groups in total. The van der Waals surface area contributed by atoms with Crippen molar-refractivity contribution < 1.29 is 0 Å². The number of benzene rings is 1. The van der Waals surface area contributed by atoms with Crippen LogP contribution >= 0.6 is 23.2 Å². The van der Waals surface area contributed by atoms with Crippen molar-refractivity contribution in [2.24, 2.45) is 0 Å². The summed E-state index contributed by atoms with van der Waals surface area (Å²) in [6, 6.07) is 9.14. The van der Waals surface area contributed by atoms with Gasteiger partial charge < -0.3 is 5.32 Å². The second-order valence-electron chi connectivity index (χ2n) is 3.35. The van der Waals surface area contributed by atoms with Gasteiger partial charge in [-0.1, -0.05) is 29.3 Å². The molecule has 0 atom stereocenters. The number of anilines is 2. The van der Waals surface area contributed by atoms with Crippen LogP contribution in [0.2, 0.25) is 10.2 Å². The molecule has 0 bridgehead atoms. The van der Waals surface area contributed by atoms with E-state index < -0.39 is 0 Å². The van der Waals surface area contributed by atoms with Crippen molar-refractivity contribution in [3.63, 3.8) is 0 Å². The maximum Gasteiger partial charge on any atom is 0.153 e. The third-order valence-electron chi connectivity index (χ3n) is 2.02. The molecule has 1 heterocycles. The minimum Gasteiger partial charge on any atom is -0.338 e. The van der Waals surface area contributed by atoms with Gasteiger partial charge in [0.15, 0.2) is 11.0 Å². The molecule has 82 valence electrons. The Bertz CT molecular complexity index is 497. The van der Waals surface area contributed by atoms with Crippen LogP contribution in [0, 0.1) is 6.92 Å². The highest BCUT2D eigenvalue weighted by Crippen LogP contribution is 2.25. The number of halogens is 2. The molecule has 0 spiro atoms. The third-order valence-corrected chi connectivity index (χ3v) is 2.55. The zero-order valence-electron chi connectivity index (χ0n) is 8.54. The Morgan fingerprint density at radius 1 is 1.06 bits per heavy atom. The van der Waals surface area contributed by atoms with Crippen LogP contribution in [0.3, 0.4) is 0 Å². The first kappa shape index (κ1) is 11.2. The number of nitrogens with one attached hydrogen (secondary N) is 1. The van der Waals surface area contributed by atoms with Gasteiger partial charge in [-0.25, -0.2) is 0 Å². The molecule has 0 aliphatic rings. The molecule has 2 aromatic rings. The third kappa shape index (κ3) is 2.62. The largest absolute Gasteiger partial charge is 0.338 e. The maximum absolute atomic E-state index is 6.04. The van der Waals surface area contributed by atoms with E-state index in [9.17, 15) is 0 Å². The summed E-state index contributed by atoms with van der Waals surface area (Å²) in [5, 5.41) is 11.7. The highest BCUT2D eigenvalue weighted by Gasteiger charge is 2.02. The van der Waals surface area contributed by atoms with E-state index in [0.717, 1.165) is 11.3 Å². The van der Waals surface area contributed by atoms with Gasteiger partial charge in [-0.2, -0.15) is 0 Å². The van der Waals surface area contributed by atoms with Crippen LogP contribution in [0.15, 0.2) is 30.3 Å². The Labute approximate surface area is 103 Å². The maximum atomic E-state index is 6.04. The zero-order valence-corrected chi connectivity index (χ0v) is 10.0. The van der Waals surface area contributed by atoms with E-state index in [-0.39, 0.29) is 0 Å². The van der Waals surface area contributed by atoms with Crippen molar-refractivity contribution >= 4 is 34.7 Å². The van der Waals surface area contributed by atoms with Crippen LogP contribution in [0.25, 0.3) is 0 Å². The van der Waals surface area contributed by atoms with Gasteiger partial charge in [0.25, 0.3) is 0 Å².